The van der Waals surface area contributed by atoms with Crippen molar-refractivity contribution in [1.82, 2.24) is 0 Å². The van der Waals surface area contributed by atoms with Gasteiger partial charge in [-0.15, -0.1) is 0 Å². The fraction of sp³-hybridized carbons (Fsp3) is 0. The molecule has 6 N–H and O–H groups in total. The second-order valence-corrected chi connectivity index (χ2v) is 12.7. The Balaban J connectivity index is 1.15. The van der Waals surface area contributed by atoms with E-state index in [1.54, 1.807) is 0 Å². The summed E-state index contributed by atoms with van der Waals surface area (Å²) in [7, 11) is 0. The Bertz CT molecular complexity index is 2580. The number of phenols is 6. The summed E-state index contributed by atoms with van der Waals surface area (Å²) in [6.07, 6.45) is 9.19. The summed E-state index contributed by atoms with van der Waals surface area (Å²) in [6, 6.07) is 5.53. The molecule has 0 saturated heterocycles. The van der Waals surface area contributed by atoms with Crippen molar-refractivity contribution >= 4 is 79.7 Å². The molecule has 0 amide bonds. The third-order valence-electron chi connectivity index (χ3n) is 9.15. The van der Waals surface area contributed by atoms with Gasteiger partial charge in [-0.25, -0.2) is 0 Å². The van der Waals surface area contributed by atoms with Gasteiger partial charge in [0.25, 0.3) is 0 Å². The molecule has 0 aromatic heterocycles. The SMILES string of the molecule is O=C1C=CC(=O)C(c2cc(O)c(C3=CC(=O)C(c4cc(O)c(C5=CC(=O)C(c6cc(O)c(C7=CC(=O)C=CC7=O)cc6O)=CC5=O)cc4O)=CC3=O)cc2O)=C1. The Morgan fingerprint density at radius 2 is 0.446 bits per heavy atom. The first-order valence-corrected chi connectivity index (χ1v) is 16.2. The molecule has 14 heteroatoms. The third kappa shape index (κ3) is 6.18. The maximum atomic E-state index is 13.3. The van der Waals surface area contributed by atoms with Gasteiger partial charge in [-0.1, -0.05) is 0 Å². The van der Waals surface area contributed by atoms with Crippen molar-refractivity contribution in [2.45, 2.75) is 0 Å². The van der Waals surface area contributed by atoms with Gasteiger partial charge in [0.1, 0.15) is 34.5 Å². The molecule has 0 atom stereocenters. The molecule has 56 heavy (non-hydrogen) atoms. The Labute approximate surface area is 313 Å². The third-order valence-corrected chi connectivity index (χ3v) is 9.15. The number of hydrogen-bond acceptors (Lipinski definition) is 14. The van der Waals surface area contributed by atoms with Gasteiger partial charge in [0, 0.05) is 66.8 Å². The van der Waals surface area contributed by atoms with E-state index < -0.39 is 91.9 Å². The predicted molar refractivity (Wildman–Crippen MR) is 196 cm³/mol. The molecule has 3 aromatic carbocycles. The predicted octanol–water partition coefficient (Wildman–Crippen LogP) is 3.34. The molecule has 0 saturated carbocycles. The monoisotopic (exact) mass is 750 g/mol. The summed E-state index contributed by atoms with van der Waals surface area (Å²) in [6.45, 7) is 0. The summed E-state index contributed by atoms with van der Waals surface area (Å²) >= 11 is 0. The van der Waals surface area contributed by atoms with Crippen molar-refractivity contribution in [3.05, 3.63) is 131 Å². The van der Waals surface area contributed by atoms with E-state index in [1.807, 2.05) is 0 Å². The first kappa shape index (κ1) is 36.1. The maximum Gasteiger partial charge on any atom is 0.187 e. The zero-order valence-electron chi connectivity index (χ0n) is 28.2. The van der Waals surface area contributed by atoms with Gasteiger partial charge < -0.3 is 30.6 Å². The second-order valence-electron chi connectivity index (χ2n) is 12.7. The van der Waals surface area contributed by atoms with E-state index in [4.69, 9.17) is 0 Å². The summed E-state index contributed by atoms with van der Waals surface area (Å²) in [4.78, 5) is 101. The number of allylic oxidation sites excluding steroid dienone is 16. The summed E-state index contributed by atoms with van der Waals surface area (Å²) < 4.78 is 0. The van der Waals surface area contributed by atoms with Gasteiger partial charge in [-0.05, 0) is 97.2 Å². The molecule has 0 unspecified atom stereocenters. The molecule has 4 aliphatic rings. The van der Waals surface area contributed by atoms with Crippen molar-refractivity contribution < 1.29 is 69.0 Å². The Morgan fingerprint density at radius 3 is 0.661 bits per heavy atom. The van der Waals surface area contributed by atoms with Crippen LogP contribution in [0.5, 0.6) is 34.5 Å². The van der Waals surface area contributed by atoms with Crippen LogP contribution in [0.15, 0.2) is 97.2 Å². The lowest BCUT2D eigenvalue weighted by Crippen LogP contribution is -2.14. The summed E-state index contributed by atoms with van der Waals surface area (Å²) in [5.74, 6) is -9.64. The van der Waals surface area contributed by atoms with Crippen LogP contribution >= 0.6 is 0 Å². The van der Waals surface area contributed by atoms with Crippen LogP contribution in [-0.2, 0) is 38.4 Å². The number of carbonyl (C=O) groups is 8. The highest BCUT2D eigenvalue weighted by molar-refractivity contribution is 6.46. The minimum Gasteiger partial charge on any atom is -0.507 e. The zero-order chi connectivity index (χ0) is 40.3. The van der Waals surface area contributed by atoms with Crippen molar-refractivity contribution in [3.63, 3.8) is 0 Å². The highest BCUT2D eigenvalue weighted by Crippen LogP contribution is 2.43. The minimum absolute atomic E-state index is 0.198. The number of benzene rings is 3. The average Bonchev–Trinajstić information content (AvgIpc) is 3.14. The number of carbonyl (C=O) groups excluding carboxylic acids is 8. The number of aromatic hydroxyl groups is 6. The second kappa shape index (κ2) is 13.3. The number of rotatable bonds is 6. The average molecular weight is 751 g/mol. The molecule has 0 radical (unpaired) electrons. The molecule has 0 fully saturated rings. The lowest BCUT2D eigenvalue weighted by Gasteiger charge is -2.18. The normalized spacial score (nSPS) is 17.1. The van der Waals surface area contributed by atoms with Crippen molar-refractivity contribution in [3.8, 4) is 34.5 Å². The van der Waals surface area contributed by atoms with Gasteiger partial charge in [0.2, 0.25) is 0 Å². The van der Waals surface area contributed by atoms with Crippen LogP contribution in [0.25, 0.3) is 33.4 Å². The van der Waals surface area contributed by atoms with Gasteiger partial charge in [0.05, 0.1) is 0 Å². The van der Waals surface area contributed by atoms with Crippen LogP contribution in [0.4, 0.5) is 0 Å². The van der Waals surface area contributed by atoms with Crippen LogP contribution < -0.4 is 0 Å². The molecule has 7 rings (SSSR count). The van der Waals surface area contributed by atoms with Crippen molar-refractivity contribution in [2.24, 2.45) is 0 Å². The van der Waals surface area contributed by atoms with Crippen LogP contribution in [0.1, 0.15) is 33.4 Å². The van der Waals surface area contributed by atoms with E-state index in [-0.39, 0.29) is 55.7 Å². The molecule has 4 aliphatic carbocycles. The quantitative estimate of drug-likeness (QED) is 0.156. The Morgan fingerprint density at radius 1 is 0.250 bits per heavy atom. The molecular weight excluding hydrogens is 728 g/mol. The Kier molecular flexibility index (Phi) is 8.58. The molecule has 0 bridgehead atoms. The van der Waals surface area contributed by atoms with E-state index in [2.05, 4.69) is 0 Å². The molecule has 0 spiro atoms. The van der Waals surface area contributed by atoms with Crippen LogP contribution in [0.2, 0.25) is 0 Å². The molecule has 0 aliphatic heterocycles. The fourth-order valence-electron chi connectivity index (χ4n) is 6.43. The number of ketones is 8. The van der Waals surface area contributed by atoms with Crippen molar-refractivity contribution in [2.75, 3.05) is 0 Å². The van der Waals surface area contributed by atoms with E-state index >= 15 is 0 Å². The van der Waals surface area contributed by atoms with Gasteiger partial charge in [-0.3, -0.25) is 38.4 Å². The lowest BCUT2D eigenvalue weighted by atomic mass is 9.85. The highest BCUT2D eigenvalue weighted by atomic mass is 16.3. The highest BCUT2D eigenvalue weighted by Gasteiger charge is 2.31. The number of phenolic OH excluding ortho intramolecular Hbond substituents is 6. The maximum absolute atomic E-state index is 13.3. The first-order valence-electron chi connectivity index (χ1n) is 16.2. The largest absolute Gasteiger partial charge is 0.507 e. The van der Waals surface area contributed by atoms with Crippen LogP contribution in [0.3, 0.4) is 0 Å². The van der Waals surface area contributed by atoms with Gasteiger partial charge in [0.15, 0.2) is 46.3 Å². The molecule has 0 heterocycles. The fourth-order valence-corrected chi connectivity index (χ4v) is 6.43. The standard InChI is InChI=1S/C42H22O14/c43-17-1-3-31(45)19(5-17)21-7-35(49)23(9-33(21)47)25-11-39(53)27(13-37(25)51)29-15-42(56)30(16-41(29)55)28-14-38(52)26(12-40(28)54)24-10-34(48)22(8-36(24)50)20-6-18(44)2-4-32(20)46/h1-16,47-50,55-56H. The lowest BCUT2D eigenvalue weighted by molar-refractivity contribution is -0.113. The van der Waals surface area contributed by atoms with Gasteiger partial charge >= 0.3 is 0 Å². The van der Waals surface area contributed by atoms with Crippen molar-refractivity contribution in [1.29, 1.82) is 0 Å². The number of hydrogen-bond donors (Lipinski definition) is 6. The Hall–Kier alpha value is -8.26. The summed E-state index contributed by atoms with van der Waals surface area (Å²) in [5.41, 5.74) is -3.67. The van der Waals surface area contributed by atoms with Crippen LogP contribution in [-0.4, -0.2) is 76.9 Å². The molecule has 274 valence electrons. The van der Waals surface area contributed by atoms with E-state index in [1.165, 1.54) is 0 Å². The smallest absolute Gasteiger partial charge is 0.187 e. The molecule has 3 aromatic rings. The topological polar surface area (TPSA) is 258 Å². The van der Waals surface area contributed by atoms with E-state index in [9.17, 15) is 69.0 Å². The van der Waals surface area contributed by atoms with E-state index in [0.29, 0.717) is 0 Å². The summed E-state index contributed by atoms with van der Waals surface area (Å²) in [5, 5.41) is 64.7. The first-order chi connectivity index (χ1) is 26.5. The van der Waals surface area contributed by atoms with Gasteiger partial charge in [-0.2, -0.15) is 0 Å². The molecular formula is C42H22O14. The minimum atomic E-state index is -0.886. The van der Waals surface area contributed by atoms with Crippen LogP contribution in [0, 0.1) is 0 Å². The zero-order valence-corrected chi connectivity index (χ0v) is 28.2. The molecule has 14 nitrogen and oxygen atoms in total. The van der Waals surface area contributed by atoms with E-state index in [0.717, 1.165) is 97.2 Å².